The highest BCUT2D eigenvalue weighted by Crippen LogP contribution is 2.43. The van der Waals surface area contributed by atoms with Gasteiger partial charge in [-0.05, 0) is 67.3 Å². The molecule has 1 aromatic rings. The number of allylic oxidation sites excluding steroid dienone is 2. The van der Waals surface area contributed by atoms with E-state index in [9.17, 15) is 4.79 Å². The largest absolute Gasteiger partial charge is 0.543 e. The molecule has 0 amide bonds. The van der Waals surface area contributed by atoms with Gasteiger partial charge in [-0.25, -0.2) is 0 Å². The van der Waals surface area contributed by atoms with Crippen LogP contribution >= 0.6 is 0 Å². The minimum absolute atomic E-state index is 0.00530. The average Bonchev–Trinajstić information content (AvgIpc) is 2.74. The molecule has 1 aliphatic carbocycles. The average molecular weight is 465 g/mol. The van der Waals surface area contributed by atoms with Gasteiger partial charge in [0.1, 0.15) is 5.76 Å². The molecule has 176 valence electrons. The topological polar surface area (TPSA) is 44.8 Å². The van der Waals surface area contributed by atoms with E-state index >= 15 is 0 Å². The maximum absolute atomic E-state index is 13.9. The molecule has 0 unspecified atom stereocenters. The van der Waals surface area contributed by atoms with Crippen molar-refractivity contribution in [3.8, 4) is 0 Å². The van der Waals surface area contributed by atoms with E-state index in [1.807, 2.05) is 56.3 Å². The molecule has 1 heterocycles. The summed E-state index contributed by atoms with van der Waals surface area (Å²) in [4.78, 5) is 13.9. The van der Waals surface area contributed by atoms with Crippen LogP contribution in [0.4, 0.5) is 0 Å². The lowest BCUT2D eigenvalue weighted by atomic mass is 9.85. The van der Waals surface area contributed by atoms with Crippen LogP contribution in [0.1, 0.15) is 46.6 Å². The summed E-state index contributed by atoms with van der Waals surface area (Å²) in [5.41, 5.74) is 6.90. The van der Waals surface area contributed by atoms with Crippen LogP contribution in [0.5, 0.6) is 0 Å². The molecule has 0 saturated carbocycles. The molecule has 1 aromatic carbocycles. The van der Waals surface area contributed by atoms with Gasteiger partial charge in [-0.3, -0.25) is 4.79 Å². The molecule has 4 nitrogen and oxygen atoms in total. The molecule has 0 N–H and O–H groups in total. The van der Waals surface area contributed by atoms with E-state index < -0.39 is 14.1 Å². The first-order chi connectivity index (χ1) is 15.4. The molecule has 0 spiro atoms. The highest BCUT2D eigenvalue weighted by atomic mass is 28.4. The number of hydrogen-bond acceptors (Lipinski definition) is 4. The Balaban J connectivity index is 2.15. The van der Waals surface area contributed by atoms with Gasteiger partial charge in [0.25, 0.3) is 5.79 Å². The van der Waals surface area contributed by atoms with Crippen LogP contribution in [0.3, 0.4) is 0 Å². The highest BCUT2D eigenvalue weighted by Gasteiger charge is 2.50. The predicted octanol–water partition coefficient (Wildman–Crippen LogP) is 6.78. The van der Waals surface area contributed by atoms with Gasteiger partial charge in [-0.15, -0.1) is 5.73 Å². The second kappa shape index (κ2) is 9.44. The number of benzene rings is 1. The molecule has 3 rings (SSSR count). The van der Waals surface area contributed by atoms with E-state index in [-0.39, 0.29) is 24.0 Å². The monoisotopic (exact) mass is 464 g/mol. The van der Waals surface area contributed by atoms with Crippen LogP contribution in [-0.2, 0) is 25.3 Å². The molecular formula is C28H36O4Si. The number of rotatable bonds is 5. The molecule has 2 aliphatic rings. The molecule has 0 aromatic heterocycles. The number of fused-ring (bicyclic) bond motifs is 2. The maximum Gasteiger partial charge on any atom is 0.261 e. The summed E-state index contributed by atoms with van der Waals surface area (Å²) < 4.78 is 19.4. The van der Waals surface area contributed by atoms with Gasteiger partial charge in [0.15, 0.2) is 0 Å². The fourth-order valence-electron chi connectivity index (χ4n) is 3.47. The van der Waals surface area contributed by atoms with Crippen LogP contribution < -0.4 is 0 Å². The van der Waals surface area contributed by atoms with Gasteiger partial charge in [0.05, 0.1) is 13.2 Å². The van der Waals surface area contributed by atoms with Gasteiger partial charge in [0, 0.05) is 11.1 Å². The Hall–Kier alpha value is -2.43. The number of carbonyl (C=O) groups is 1. The van der Waals surface area contributed by atoms with Crippen LogP contribution in [-0.4, -0.2) is 26.5 Å². The maximum atomic E-state index is 13.9. The lowest BCUT2D eigenvalue weighted by Gasteiger charge is -2.42. The number of Topliss-reactive ketones (excluding diaryl/α,β-unsaturated/α-hetero) is 1. The summed E-state index contributed by atoms with van der Waals surface area (Å²) in [5.74, 6) is -1.16. The van der Waals surface area contributed by atoms with Crippen molar-refractivity contribution in [2.24, 2.45) is 0 Å². The normalized spacial score (nSPS) is 22.2. The molecular weight excluding hydrogens is 428 g/mol. The smallest absolute Gasteiger partial charge is 0.261 e. The Labute approximate surface area is 199 Å². The summed E-state index contributed by atoms with van der Waals surface area (Å²) in [5, 5.41) is -0.00530. The van der Waals surface area contributed by atoms with Crippen molar-refractivity contribution in [3.63, 3.8) is 0 Å². The third-order valence-corrected chi connectivity index (χ3v) is 11.1. The van der Waals surface area contributed by atoms with Gasteiger partial charge in [-0.2, -0.15) is 0 Å². The fourth-order valence-corrected chi connectivity index (χ4v) is 4.54. The fraction of sp³-hybridized carbons (Fsp3) is 0.429. The summed E-state index contributed by atoms with van der Waals surface area (Å²) >= 11 is 0. The molecule has 1 atom stereocenters. The van der Waals surface area contributed by atoms with Gasteiger partial charge >= 0.3 is 0 Å². The quantitative estimate of drug-likeness (QED) is 0.356. The second-order valence-electron chi connectivity index (χ2n) is 10.4. The first-order valence-corrected chi connectivity index (χ1v) is 14.4. The van der Waals surface area contributed by atoms with Gasteiger partial charge in [0.2, 0.25) is 14.1 Å². The van der Waals surface area contributed by atoms with Crippen molar-refractivity contribution >= 4 is 14.1 Å². The van der Waals surface area contributed by atoms with Crippen molar-refractivity contribution in [2.75, 3.05) is 6.61 Å². The van der Waals surface area contributed by atoms with Crippen molar-refractivity contribution < 1.29 is 18.7 Å². The standard InChI is InChI=1S/C28H36O4Si/c1-20-13-12-14-21(2)24-17-25(32-33(7,8)27(4,5)6)22(3)28(26(24)29,30-18-20)31-19-23-15-10-9-11-16-23/h9-12,15-17H,2,14,18-19H2,1,3-8H3/t13?,28-/m0/s1. The third kappa shape index (κ3) is 5.23. The second-order valence-corrected chi connectivity index (χ2v) is 15.1. The van der Waals surface area contributed by atoms with Crippen molar-refractivity contribution in [2.45, 2.75) is 71.6 Å². The first-order valence-electron chi connectivity index (χ1n) is 11.4. The SMILES string of the molecule is C=C1CC=C=C(C)CO[C@@]2(OCc3ccccc3)C(=O)C1=CC(O[Si](C)(C)C(C)(C)C)=C2C. The predicted molar refractivity (Wildman–Crippen MR) is 135 cm³/mol. The Bertz CT molecular complexity index is 1060. The van der Waals surface area contributed by atoms with E-state index in [0.717, 1.165) is 11.1 Å². The Morgan fingerprint density at radius 2 is 1.85 bits per heavy atom. The zero-order chi connectivity index (χ0) is 24.4. The molecule has 5 heteroatoms. The van der Waals surface area contributed by atoms with Crippen LogP contribution in [0.2, 0.25) is 18.1 Å². The number of hydrogen-bond donors (Lipinski definition) is 0. The summed E-state index contributed by atoms with van der Waals surface area (Å²) in [6, 6.07) is 9.80. The van der Waals surface area contributed by atoms with E-state index in [4.69, 9.17) is 13.9 Å². The third-order valence-electron chi connectivity index (χ3n) is 6.71. The van der Waals surface area contributed by atoms with E-state index in [0.29, 0.717) is 28.9 Å². The lowest BCUT2D eigenvalue weighted by molar-refractivity contribution is -0.210. The minimum atomic E-state index is -2.19. The molecule has 0 fully saturated rings. The summed E-state index contributed by atoms with van der Waals surface area (Å²) in [6.45, 7) is 19.4. The van der Waals surface area contributed by atoms with E-state index in [2.05, 4.69) is 46.2 Å². The zero-order valence-corrected chi connectivity index (χ0v) is 22.0. The van der Waals surface area contributed by atoms with Gasteiger partial charge < -0.3 is 13.9 Å². The van der Waals surface area contributed by atoms with Crippen molar-refractivity contribution in [1.29, 1.82) is 0 Å². The highest BCUT2D eigenvalue weighted by molar-refractivity contribution is 6.74. The molecule has 33 heavy (non-hydrogen) atoms. The Morgan fingerprint density at radius 1 is 1.18 bits per heavy atom. The number of ketones is 1. The molecule has 2 bridgehead atoms. The lowest BCUT2D eigenvalue weighted by Crippen LogP contribution is -2.50. The Morgan fingerprint density at radius 3 is 2.48 bits per heavy atom. The van der Waals surface area contributed by atoms with Gasteiger partial charge in [-0.1, -0.05) is 57.7 Å². The van der Waals surface area contributed by atoms with E-state index in [1.54, 1.807) is 0 Å². The summed E-state index contributed by atoms with van der Waals surface area (Å²) in [6.07, 6.45) is 4.25. The van der Waals surface area contributed by atoms with Crippen molar-refractivity contribution in [1.82, 2.24) is 0 Å². The van der Waals surface area contributed by atoms with Crippen molar-refractivity contribution in [3.05, 3.63) is 88.4 Å². The van der Waals surface area contributed by atoms with Crippen LogP contribution in [0, 0.1) is 0 Å². The molecule has 1 aliphatic heterocycles. The number of ether oxygens (including phenoxy) is 2. The zero-order valence-electron chi connectivity index (χ0n) is 21.0. The summed E-state index contributed by atoms with van der Waals surface area (Å²) in [7, 11) is -2.19. The van der Waals surface area contributed by atoms with E-state index in [1.165, 1.54) is 0 Å². The minimum Gasteiger partial charge on any atom is -0.543 e. The first kappa shape index (κ1) is 25.2. The van der Waals surface area contributed by atoms with Crippen LogP contribution in [0.25, 0.3) is 0 Å². The Kier molecular flexibility index (Phi) is 7.20. The molecule has 0 saturated heterocycles. The number of carbonyl (C=O) groups excluding carboxylic acids is 1. The molecule has 0 radical (unpaired) electrons. The van der Waals surface area contributed by atoms with Crippen LogP contribution in [0.15, 0.2) is 82.8 Å².